The quantitative estimate of drug-likeness (QED) is 0.339. The number of benzene rings is 2. The molecule has 2 aliphatic carbocycles. The minimum atomic E-state index is -0.826. The topological polar surface area (TPSA) is 32.6 Å². The van der Waals surface area contributed by atoms with E-state index in [2.05, 4.69) is 49.4 Å². The summed E-state index contributed by atoms with van der Waals surface area (Å²) < 4.78 is 0. The number of hydrogen-bond donors (Lipinski definition) is 1. The molecule has 5 heteroatoms. The number of hydrogen-bond acceptors (Lipinski definition) is 2. The number of phenolic OH excluding ortho intramolecular Hbond substituents is 1. The summed E-state index contributed by atoms with van der Waals surface area (Å²) in [4.78, 5) is 5.02. The Hall–Kier alpha value is -0.627. The molecular formula is C32H45Cl2NOZr. The normalized spacial score (nSPS) is 22.4. The van der Waals surface area contributed by atoms with E-state index < -0.39 is 20.8 Å². The maximum absolute atomic E-state index is 11.7. The second-order valence-electron chi connectivity index (χ2n) is 11.1. The van der Waals surface area contributed by atoms with Crippen LogP contribution in [0.25, 0.3) is 11.1 Å². The summed E-state index contributed by atoms with van der Waals surface area (Å²) >= 11 is -0.826. The van der Waals surface area contributed by atoms with Gasteiger partial charge in [0.2, 0.25) is 0 Å². The molecule has 0 amide bonds. The second-order valence-corrected chi connectivity index (χ2v) is 14.8. The first-order valence-corrected chi connectivity index (χ1v) is 20.9. The first kappa shape index (κ1) is 30.9. The van der Waals surface area contributed by atoms with Crippen LogP contribution in [0.3, 0.4) is 0 Å². The first-order valence-electron chi connectivity index (χ1n) is 14.5. The van der Waals surface area contributed by atoms with Crippen molar-refractivity contribution in [2.75, 3.05) is 0 Å². The summed E-state index contributed by atoms with van der Waals surface area (Å²) in [6.45, 7) is 2.35. The number of rotatable bonds is 4. The zero-order chi connectivity index (χ0) is 26.3. The van der Waals surface area contributed by atoms with Gasteiger partial charge >= 0.3 is 37.9 Å². The van der Waals surface area contributed by atoms with Crippen molar-refractivity contribution in [1.29, 1.82) is 0 Å². The summed E-state index contributed by atoms with van der Waals surface area (Å²) in [6, 6.07) is 15.4. The predicted molar refractivity (Wildman–Crippen MR) is 158 cm³/mol. The maximum atomic E-state index is 11.7. The summed E-state index contributed by atoms with van der Waals surface area (Å²) in [5, 5.41) is 11.7. The summed E-state index contributed by atoms with van der Waals surface area (Å²) in [7, 11) is 9.87. The Bertz CT molecular complexity index is 916. The molecule has 2 saturated carbocycles. The van der Waals surface area contributed by atoms with E-state index in [-0.39, 0.29) is 0 Å². The number of aromatic hydroxyl groups is 1. The average molecular weight is 622 g/mol. The van der Waals surface area contributed by atoms with Crippen LogP contribution in [0.1, 0.15) is 120 Å². The summed E-state index contributed by atoms with van der Waals surface area (Å²) in [6.07, 6.45) is 21.4. The molecule has 0 atom stereocenters. The minimum absolute atomic E-state index is 0.393. The van der Waals surface area contributed by atoms with Crippen LogP contribution in [0.4, 0.5) is 0 Å². The molecule has 0 radical (unpaired) electrons. The number of nitrogens with zero attached hydrogens (tertiary/aromatic N) is 1. The molecule has 0 aromatic heterocycles. The predicted octanol–water partition coefficient (Wildman–Crippen LogP) is 10.8. The fourth-order valence-corrected chi connectivity index (χ4v) is 6.00. The van der Waals surface area contributed by atoms with Gasteiger partial charge in [-0.3, -0.25) is 4.99 Å². The van der Waals surface area contributed by atoms with E-state index in [1.807, 2.05) is 6.21 Å². The Morgan fingerprint density at radius 1 is 0.757 bits per heavy atom. The van der Waals surface area contributed by atoms with Gasteiger partial charge in [-0.2, -0.15) is 0 Å². The zero-order valence-corrected chi connectivity index (χ0v) is 26.6. The van der Waals surface area contributed by atoms with Crippen molar-refractivity contribution in [3.05, 3.63) is 53.6 Å². The molecule has 0 saturated heterocycles. The summed E-state index contributed by atoms with van der Waals surface area (Å²) in [5.41, 5.74) is 4.33. The molecule has 2 fully saturated rings. The van der Waals surface area contributed by atoms with Crippen molar-refractivity contribution >= 4 is 23.2 Å². The standard InChI is InChI=1S/C32H45NO.2ClH.Zr/c1-25-18-20-28(21-19-25)33-24-31-29(26-14-12-9-13-15-26)22-23-30(32(31)34)27-16-10-7-5-3-2-4-6-8-11-17-27;;;/h9,12-15,22-25,27-28,34H,2-8,10-11,16-21H2,1H3;2*1H;/q;;;+2/p-2. The van der Waals surface area contributed by atoms with E-state index >= 15 is 0 Å². The number of halogens is 2. The van der Waals surface area contributed by atoms with Crippen LogP contribution in [0, 0.1) is 5.92 Å². The molecule has 0 spiro atoms. The van der Waals surface area contributed by atoms with E-state index in [0.29, 0.717) is 17.7 Å². The SMILES string of the molecule is CC1CCC(N=Cc2c(-c3ccccc3)ccc(C3CCCCCCCCCCC3)c2O)CC1.[Cl][Zr][Cl]. The van der Waals surface area contributed by atoms with Gasteiger partial charge < -0.3 is 5.11 Å². The van der Waals surface area contributed by atoms with Crippen LogP contribution in [0.5, 0.6) is 5.75 Å². The Balaban J connectivity index is 0.00000121. The Morgan fingerprint density at radius 3 is 1.86 bits per heavy atom. The third-order valence-electron chi connectivity index (χ3n) is 8.28. The zero-order valence-electron chi connectivity index (χ0n) is 22.6. The molecule has 37 heavy (non-hydrogen) atoms. The molecule has 2 aromatic carbocycles. The first-order chi connectivity index (χ1) is 18.1. The van der Waals surface area contributed by atoms with Gasteiger partial charge in [-0.1, -0.05) is 107 Å². The van der Waals surface area contributed by atoms with Crippen LogP contribution in [0.15, 0.2) is 47.5 Å². The van der Waals surface area contributed by atoms with Crippen molar-refractivity contribution in [3.8, 4) is 16.9 Å². The molecule has 2 aromatic rings. The van der Waals surface area contributed by atoms with Gasteiger partial charge in [-0.25, -0.2) is 0 Å². The molecule has 4 rings (SSSR count). The Kier molecular flexibility index (Phi) is 14.9. The van der Waals surface area contributed by atoms with Gasteiger partial charge in [-0.15, -0.1) is 0 Å². The van der Waals surface area contributed by atoms with E-state index in [1.54, 1.807) is 0 Å². The Labute approximate surface area is 244 Å². The van der Waals surface area contributed by atoms with Crippen molar-refractivity contribution in [1.82, 2.24) is 0 Å². The number of aliphatic imine (C=N–C) groups is 1. The van der Waals surface area contributed by atoms with E-state index in [0.717, 1.165) is 28.2 Å². The monoisotopic (exact) mass is 619 g/mol. The van der Waals surface area contributed by atoms with Crippen LogP contribution in [0.2, 0.25) is 0 Å². The van der Waals surface area contributed by atoms with Crippen LogP contribution in [-0.4, -0.2) is 17.4 Å². The fourth-order valence-electron chi connectivity index (χ4n) is 6.00. The average Bonchev–Trinajstić information content (AvgIpc) is 2.90. The molecular weight excluding hydrogens is 576 g/mol. The van der Waals surface area contributed by atoms with Crippen LogP contribution < -0.4 is 0 Å². The molecule has 1 N–H and O–H groups in total. The van der Waals surface area contributed by atoms with Gasteiger partial charge in [0.1, 0.15) is 5.75 Å². The number of phenols is 1. The van der Waals surface area contributed by atoms with E-state index in [9.17, 15) is 5.11 Å². The van der Waals surface area contributed by atoms with Crippen molar-refractivity contribution in [2.45, 2.75) is 115 Å². The molecule has 0 aliphatic heterocycles. The second kappa shape index (κ2) is 17.9. The van der Waals surface area contributed by atoms with Gasteiger partial charge in [0.05, 0.1) is 0 Å². The van der Waals surface area contributed by atoms with Gasteiger partial charge in [0, 0.05) is 17.8 Å². The summed E-state index contributed by atoms with van der Waals surface area (Å²) in [5.74, 6) is 1.75. The van der Waals surface area contributed by atoms with Crippen molar-refractivity contribution in [2.24, 2.45) is 10.9 Å². The Morgan fingerprint density at radius 2 is 1.30 bits per heavy atom. The third kappa shape index (κ3) is 10.5. The third-order valence-corrected chi connectivity index (χ3v) is 8.28. The van der Waals surface area contributed by atoms with E-state index in [4.69, 9.17) is 22.0 Å². The molecule has 202 valence electrons. The van der Waals surface area contributed by atoms with Crippen molar-refractivity contribution < 1.29 is 26.0 Å². The van der Waals surface area contributed by atoms with Gasteiger partial charge in [-0.05, 0) is 67.1 Å². The van der Waals surface area contributed by atoms with E-state index in [1.165, 1.54) is 96.3 Å². The fraction of sp³-hybridized carbons (Fsp3) is 0.594. The van der Waals surface area contributed by atoms with Crippen LogP contribution in [-0.2, 0) is 20.8 Å². The molecule has 0 bridgehead atoms. The molecule has 2 aliphatic rings. The van der Waals surface area contributed by atoms with Crippen molar-refractivity contribution in [3.63, 3.8) is 0 Å². The molecule has 0 unspecified atom stereocenters. The molecule has 0 heterocycles. The van der Waals surface area contributed by atoms with Gasteiger partial charge in [0.25, 0.3) is 0 Å². The molecule has 2 nitrogen and oxygen atoms in total. The van der Waals surface area contributed by atoms with Crippen LogP contribution >= 0.6 is 17.0 Å². The van der Waals surface area contributed by atoms with Gasteiger partial charge in [0.15, 0.2) is 0 Å².